The number of Topliss-reactive ketones (excluding diaryl/α,β-unsaturated/α-hetero) is 1. The van der Waals surface area contributed by atoms with Gasteiger partial charge in [-0.25, -0.2) is 5.48 Å². The van der Waals surface area contributed by atoms with Crippen LogP contribution in [0.3, 0.4) is 0 Å². The number of nitrogens with one attached hydrogen (secondary N) is 1. The van der Waals surface area contributed by atoms with E-state index in [1.165, 1.54) is 12.4 Å². The molecule has 0 fully saturated rings. The molecule has 0 aromatic carbocycles. The molecule has 64 valence electrons. The van der Waals surface area contributed by atoms with Gasteiger partial charge >= 0.3 is 0 Å². The Morgan fingerprint density at radius 3 is 1.91 bits per heavy atom. The molecule has 4 nitrogen and oxygen atoms in total. The van der Waals surface area contributed by atoms with E-state index in [1.54, 1.807) is 13.8 Å². The molecule has 0 aromatic heterocycles. The van der Waals surface area contributed by atoms with Gasteiger partial charge in [-0.2, -0.15) is 0 Å². The van der Waals surface area contributed by atoms with E-state index in [9.17, 15) is 9.59 Å². The number of ketones is 1. The molecule has 0 aromatic rings. The van der Waals surface area contributed by atoms with Gasteiger partial charge in [-0.3, -0.25) is 14.8 Å². The van der Waals surface area contributed by atoms with E-state index < -0.39 is 11.8 Å². The Labute approximate surface area is 65.6 Å². The molecule has 0 aliphatic carbocycles. The van der Waals surface area contributed by atoms with E-state index in [1.807, 2.05) is 0 Å². The number of carbonyl (C=O) groups excluding carboxylic acids is 2. The predicted molar refractivity (Wildman–Crippen MR) is 38.9 cm³/mol. The lowest BCUT2D eigenvalue weighted by molar-refractivity contribution is -0.140. The minimum absolute atomic E-state index is 0.0837. The number of hydroxylamine groups is 1. The predicted octanol–water partition coefficient (Wildman–Crippen LogP) is 0.353. The molecule has 0 saturated carbocycles. The maximum Gasteiger partial charge on any atom is 0.254 e. The summed E-state index contributed by atoms with van der Waals surface area (Å²) in [6, 6.07) is 0. The van der Waals surface area contributed by atoms with Gasteiger partial charge in [-0.05, 0) is 12.8 Å². The van der Waals surface area contributed by atoms with Crippen LogP contribution in [-0.2, 0) is 9.59 Å². The standard InChI is InChI=1S/C7H13NO3/c1-4(2)6(5(3)9)7(10)8-11/h4,6,11H,1-3H3,(H,8,10). The largest absolute Gasteiger partial charge is 0.299 e. The van der Waals surface area contributed by atoms with Crippen LogP contribution in [0.5, 0.6) is 0 Å². The van der Waals surface area contributed by atoms with E-state index in [-0.39, 0.29) is 11.7 Å². The summed E-state index contributed by atoms with van der Waals surface area (Å²) in [7, 11) is 0. The molecule has 0 radical (unpaired) electrons. The smallest absolute Gasteiger partial charge is 0.254 e. The fourth-order valence-electron chi connectivity index (χ4n) is 1.03. The van der Waals surface area contributed by atoms with Crippen LogP contribution >= 0.6 is 0 Å². The molecule has 0 heterocycles. The maximum absolute atomic E-state index is 10.8. The third-order valence-electron chi connectivity index (χ3n) is 1.50. The van der Waals surface area contributed by atoms with Gasteiger partial charge in [0.05, 0.1) is 0 Å². The molecule has 1 atom stereocenters. The fourth-order valence-corrected chi connectivity index (χ4v) is 1.03. The van der Waals surface area contributed by atoms with Crippen molar-refractivity contribution < 1.29 is 14.8 Å². The average Bonchev–Trinajstić information content (AvgIpc) is 1.85. The lowest BCUT2D eigenvalue weighted by atomic mass is 9.92. The molecule has 0 saturated heterocycles. The highest BCUT2D eigenvalue weighted by atomic mass is 16.5. The van der Waals surface area contributed by atoms with Crippen LogP contribution in [0.25, 0.3) is 0 Å². The van der Waals surface area contributed by atoms with Crippen LogP contribution in [0.4, 0.5) is 0 Å². The number of hydrogen-bond acceptors (Lipinski definition) is 3. The van der Waals surface area contributed by atoms with E-state index in [0.29, 0.717) is 0 Å². The quantitative estimate of drug-likeness (QED) is 0.355. The molecule has 1 amide bonds. The normalized spacial score (nSPS) is 12.8. The average molecular weight is 159 g/mol. The van der Waals surface area contributed by atoms with Gasteiger partial charge in [-0.1, -0.05) is 13.8 Å². The third-order valence-corrected chi connectivity index (χ3v) is 1.50. The van der Waals surface area contributed by atoms with Gasteiger partial charge in [0, 0.05) is 0 Å². The Bertz CT molecular complexity index is 165. The molecule has 0 aliphatic heterocycles. The highest BCUT2D eigenvalue weighted by Crippen LogP contribution is 2.11. The van der Waals surface area contributed by atoms with Crippen LogP contribution in [0.2, 0.25) is 0 Å². The second-order valence-corrected chi connectivity index (χ2v) is 2.81. The van der Waals surface area contributed by atoms with Crippen LogP contribution < -0.4 is 5.48 Å². The zero-order valence-corrected chi connectivity index (χ0v) is 6.92. The molecular formula is C7H13NO3. The summed E-state index contributed by atoms with van der Waals surface area (Å²) in [5.41, 5.74) is 1.47. The first-order chi connectivity index (χ1) is 5.00. The second-order valence-electron chi connectivity index (χ2n) is 2.81. The highest BCUT2D eigenvalue weighted by Gasteiger charge is 2.25. The summed E-state index contributed by atoms with van der Waals surface area (Å²) in [5, 5.41) is 8.25. The first-order valence-electron chi connectivity index (χ1n) is 3.45. The summed E-state index contributed by atoms with van der Waals surface area (Å²) in [4.78, 5) is 21.6. The first kappa shape index (κ1) is 10.1. The van der Waals surface area contributed by atoms with Gasteiger partial charge in [0.2, 0.25) is 0 Å². The topological polar surface area (TPSA) is 66.4 Å². The molecule has 0 bridgehead atoms. The molecule has 2 N–H and O–H groups in total. The van der Waals surface area contributed by atoms with Crippen LogP contribution in [0.15, 0.2) is 0 Å². The van der Waals surface area contributed by atoms with Crippen molar-refractivity contribution in [3.8, 4) is 0 Å². The molecule has 0 spiro atoms. The minimum Gasteiger partial charge on any atom is -0.299 e. The summed E-state index contributed by atoms with van der Waals surface area (Å²) in [6.45, 7) is 4.84. The van der Waals surface area contributed by atoms with Gasteiger partial charge in [-0.15, -0.1) is 0 Å². The van der Waals surface area contributed by atoms with Crippen molar-refractivity contribution in [1.29, 1.82) is 0 Å². The fraction of sp³-hybridized carbons (Fsp3) is 0.714. The Balaban J connectivity index is 4.34. The van der Waals surface area contributed by atoms with E-state index >= 15 is 0 Å². The zero-order chi connectivity index (χ0) is 9.02. The monoisotopic (exact) mass is 159 g/mol. The van der Waals surface area contributed by atoms with Gasteiger partial charge in [0.25, 0.3) is 5.91 Å². The van der Waals surface area contributed by atoms with Gasteiger partial charge < -0.3 is 0 Å². The summed E-state index contributed by atoms with van der Waals surface area (Å²) in [6.07, 6.45) is 0. The number of amides is 1. The van der Waals surface area contributed by atoms with Crippen molar-refractivity contribution in [1.82, 2.24) is 5.48 Å². The Morgan fingerprint density at radius 2 is 1.82 bits per heavy atom. The van der Waals surface area contributed by atoms with Crippen molar-refractivity contribution in [3.63, 3.8) is 0 Å². The lowest BCUT2D eigenvalue weighted by Gasteiger charge is -2.14. The summed E-state index contributed by atoms with van der Waals surface area (Å²) in [5.74, 6) is -1.68. The molecule has 0 rings (SSSR count). The van der Waals surface area contributed by atoms with Gasteiger partial charge in [0.15, 0.2) is 0 Å². The SMILES string of the molecule is CC(=O)C(C(=O)NO)C(C)C. The highest BCUT2D eigenvalue weighted by molar-refractivity contribution is 5.99. The van der Waals surface area contributed by atoms with E-state index in [4.69, 9.17) is 5.21 Å². The van der Waals surface area contributed by atoms with E-state index in [2.05, 4.69) is 0 Å². The molecule has 0 aliphatic rings. The van der Waals surface area contributed by atoms with E-state index in [0.717, 1.165) is 0 Å². The zero-order valence-electron chi connectivity index (χ0n) is 6.92. The van der Waals surface area contributed by atoms with Crippen molar-refractivity contribution in [2.24, 2.45) is 11.8 Å². The number of hydrogen-bond donors (Lipinski definition) is 2. The van der Waals surface area contributed by atoms with Crippen LogP contribution in [-0.4, -0.2) is 16.9 Å². The second kappa shape index (κ2) is 4.08. The lowest BCUT2D eigenvalue weighted by Crippen LogP contribution is -2.35. The molecule has 11 heavy (non-hydrogen) atoms. The summed E-state index contributed by atoms with van der Waals surface area (Å²) < 4.78 is 0. The van der Waals surface area contributed by atoms with Crippen molar-refractivity contribution >= 4 is 11.7 Å². The van der Waals surface area contributed by atoms with Crippen LogP contribution in [0, 0.1) is 11.8 Å². The third kappa shape index (κ3) is 2.67. The maximum atomic E-state index is 10.8. The Hall–Kier alpha value is -0.900. The first-order valence-corrected chi connectivity index (χ1v) is 3.45. The van der Waals surface area contributed by atoms with Crippen molar-refractivity contribution in [2.75, 3.05) is 0 Å². The van der Waals surface area contributed by atoms with Crippen molar-refractivity contribution in [2.45, 2.75) is 20.8 Å². The van der Waals surface area contributed by atoms with Crippen molar-refractivity contribution in [3.05, 3.63) is 0 Å². The van der Waals surface area contributed by atoms with Crippen LogP contribution in [0.1, 0.15) is 20.8 Å². The molecule has 4 heteroatoms. The summed E-state index contributed by atoms with van der Waals surface area (Å²) >= 11 is 0. The molecular weight excluding hydrogens is 146 g/mol. The number of carbonyl (C=O) groups is 2. The Kier molecular flexibility index (Phi) is 3.74. The number of rotatable bonds is 3. The van der Waals surface area contributed by atoms with Gasteiger partial charge in [0.1, 0.15) is 11.7 Å². The minimum atomic E-state index is -0.736. The Morgan fingerprint density at radius 1 is 1.36 bits per heavy atom. The molecule has 1 unspecified atom stereocenters.